The van der Waals surface area contributed by atoms with Crippen molar-refractivity contribution in [3.05, 3.63) is 64.1 Å². The van der Waals surface area contributed by atoms with E-state index >= 15 is 0 Å². The zero-order valence-corrected chi connectivity index (χ0v) is 15.4. The average Bonchev–Trinajstić information content (AvgIpc) is 3.11. The Hall–Kier alpha value is -2.89. The highest BCUT2D eigenvalue weighted by atomic mass is 16.3. The summed E-state index contributed by atoms with van der Waals surface area (Å²) in [6.07, 6.45) is 2.87. The Bertz CT molecular complexity index is 1020. The molecular formula is C21H23N3O3. The minimum absolute atomic E-state index is 0.0610. The summed E-state index contributed by atoms with van der Waals surface area (Å²) in [5.41, 5.74) is 0.583. The van der Waals surface area contributed by atoms with E-state index in [0.29, 0.717) is 36.1 Å². The molecule has 0 spiro atoms. The Labute approximate surface area is 157 Å². The van der Waals surface area contributed by atoms with Crippen molar-refractivity contribution in [3.8, 4) is 0 Å². The smallest absolute Gasteiger partial charge is 0.258 e. The molecule has 6 heteroatoms. The van der Waals surface area contributed by atoms with Crippen LogP contribution in [0.25, 0.3) is 10.9 Å². The zero-order valence-electron chi connectivity index (χ0n) is 15.4. The van der Waals surface area contributed by atoms with Crippen molar-refractivity contribution in [2.45, 2.75) is 38.5 Å². The summed E-state index contributed by atoms with van der Waals surface area (Å²) in [7, 11) is 0. The normalized spacial score (nSPS) is 17.4. The summed E-state index contributed by atoms with van der Waals surface area (Å²) >= 11 is 0. The van der Waals surface area contributed by atoms with Gasteiger partial charge in [-0.1, -0.05) is 12.1 Å². The second kappa shape index (κ2) is 7.39. The predicted octanol–water partition coefficient (Wildman–Crippen LogP) is 3.16. The first-order valence-electron chi connectivity index (χ1n) is 9.42. The van der Waals surface area contributed by atoms with Crippen LogP contribution in [0.2, 0.25) is 0 Å². The number of furan rings is 1. The van der Waals surface area contributed by atoms with Crippen molar-refractivity contribution in [1.82, 2.24) is 14.9 Å². The molecule has 1 saturated heterocycles. The maximum absolute atomic E-state index is 12.6. The quantitative estimate of drug-likeness (QED) is 0.770. The van der Waals surface area contributed by atoms with Crippen molar-refractivity contribution in [2.24, 2.45) is 0 Å². The maximum atomic E-state index is 12.6. The van der Waals surface area contributed by atoms with E-state index < -0.39 is 0 Å². The van der Waals surface area contributed by atoms with Crippen LogP contribution in [0.5, 0.6) is 0 Å². The van der Waals surface area contributed by atoms with E-state index in [1.807, 2.05) is 42.2 Å². The Morgan fingerprint density at radius 1 is 1.30 bits per heavy atom. The van der Waals surface area contributed by atoms with Crippen molar-refractivity contribution >= 4 is 16.8 Å². The van der Waals surface area contributed by atoms with Crippen LogP contribution in [-0.4, -0.2) is 33.9 Å². The molecule has 2 aromatic heterocycles. The SMILES string of the molecule is Cc1ccc(CCC(=O)N2CCC[C@@H](c3nc4ccccc4c(=O)[nH]3)C2)o1. The molecule has 1 aliphatic rings. The van der Waals surface area contributed by atoms with Gasteiger partial charge in [0.05, 0.1) is 10.9 Å². The second-order valence-electron chi connectivity index (χ2n) is 7.16. The summed E-state index contributed by atoms with van der Waals surface area (Å²) < 4.78 is 5.55. The number of hydrogen-bond acceptors (Lipinski definition) is 4. The Balaban J connectivity index is 1.46. The first kappa shape index (κ1) is 17.5. The number of likely N-dealkylation sites (tertiary alicyclic amines) is 1. The molecule has 27 heavy (non-hydrogen) atoms. The number of para-hydroxylation sites is 1. The lowest BCUT2D eigenvalue weighted by atomic mass is 9.96. The Morgan fingerprint density at radius 3 is 2.96 bits per heavy atom. The number of aryl methyl sites for hydroxylation is 2. The van der Waals surface area contributed by atoms with Crippen molar-refractivity contribution in [3.63, 3.8) is 0 Å². The summed E-state index contributed by atoms with van der Waals surface area (Å²) in [5.74, 6) is 2.57. The van der Waals surface area contributed by atoms with Crippen LogP contribution in [0, 0.1) is 6.92 Å². The van der Waals surface area contributed by atoms with Gasteiger partial charge >= 0.3 is 0 Å². The van der Waals surface area contributed by atoms with E-state index in [2.05, 4.69) is 9.97 Å². The van der Waals surface area contributed by atoms with E-state index in [4.69, 9.17) is 4.42 Å². The number of hydrogen-bond donors (Lipinski definition) is 1. The summed E-state index contributed by atoms with van der Waals surface area (Å²) in [6.45, 7) is 3.25. The fourth-order valence-electron chi connectivity index (χ4n) is 3.73. The van der Waals surface area contributed by atoms with E-state index in [0.717, 1.165) is 30.9 Å². The molecule has 1 aliphatic heterocycles. The maximum Gasteiger partial charge on any atom is 0.258 e. The lowest BCUT2D eigenvalue weighted by Crippen LogP contribution is -2.40. The number of aromatic amines is 1. The molecule has 1 atom stereocenters. The van der Waals surface area contributed by atoms with Crippen LogP contribution in [0.15, 0.2) is 45.6 Å². The van der Waals surface area contributed by atoms with Gasteiger partial charge in [0.25, 0.3) is 5.56 Å². The van der Waals surface area contributed by atoms with Gasteiger partial charge in [0.15, 0.2) is 0 Å². The molecule has 0 bridgehead atoms. The van der Waals surface area contributed by atoms with Gasteiger partial charge in [-0.05, 0) is 44.0 Å². The van der Waals surface area contributed by atoms with Crippen LogP contribution in [-0.2, 0) is 11.2 Å². The topological polar surface area (TPSA) is 79.2 Å². The number of H-pyrrole nitrogens is 1. The minimum Gasteiger partial charge on any atom is -0.466 e. The van der Waals surface area contributed by atoms with E-state index in [9.17, 15) is 9.59 Å². The zero-order chi connectivity index (χ0) is 18.8. The van der Waals surface area contributed by atoms with Gasteiger partial charge in [-0.3, -0.25) is 9.59 Å². The van der Waals surface area contributed by atoms with Gasteiger partial charge < -0.3 is 14.3 Å². The number of carbonyl (C=O) groups excluding carboxylic acids is 1. The second-order valence-corrected chi connectivity index (χ2v) is 7.16. The summed E-state index contributed by atoms with van der Waals surface area (Å²) in [4.78, 5) is 34.4. The molecule has 1 amide bonds. The number of nitrogens with one attached hydrogen (secondary N) is 1. The molecule has 1 fully saturated rings. The fourth-order valence-corrected chi connectivity index (χ4v) is 3.73. The third-order valence-electron chi connectivity index (χ3n) is 5.17. The van der Waals surface area contributed by atoms with Crippen LogP contribution >= 0.6 is 0 Å². The number of benzene rings is 1. The number of carbonyl (C=O) groups is 1. The number of amides is 1. The third kappa shape index (κ3) is 3.79. The van der Waals surface area contributed by atoms with Gasteiger partial charge in [-0.2, -0.15) is 0 Å². The van der Waals surface area contributed by atoms with Gasteiger partial charge in [0.1, 0.15) is 17.3 Å². The molecule has 3 heterocycles. The van der Waals surface area contributed by atoms with E-state index in [1.54, 1.807) is 6.07 Å². The van der Waals surface area contributed by atoms with Crippen molar-refractivity contribution < 1.29 is 9.21 Å². The Kier molecular flexibility index (Phi) is 4.79. The van der Waals surface area contributed by atoms with Crippen molar-refractivity contribution in [1.29, 1.82) is 0 Å². The van der Waals surface area contributed by atoms with Gasteiger partial charge in [0, 0.05) is 31.8 Å². The number of rotatable bonds is 4. The lowest BCUT2D eigenvalue weighted by molar-refractivity contribution is -0.132. The molecule has 1 aromatic carbocycles. The van der Waals surface area contributed by atoms with Crippen LogP contribution in [0.3, 0.4) is 0 Å². The molecule has 0 radical (unpaired) electrons. The van der Waals surface area contributed by atoms with Crippen LogP contribution < -0.4 is 5.56 Å². The largest absolute Gasteiger partial charge is 0.466 e. The van der Waals surface area contributed by atoms with E-state index in [-0.39, 0.29) is 17.4 Å². The lowest BCUT2D eigenvalue weighted by Gasteiger charge is -2.32. The highest BCUT2D eigenvalue weighted by Crippen LogP contribution is 2.25. The standard InChI is InChI=1S/C21H23N3O3/c1-14-8-9-16(27-14)10-11-19(25)24-12-4-5-15(13-24)20-22-18-7-3-2-6-17(18)21(26)23-20/h2-3,6-9,15H,4-5,10-13H2,1H3,(H,22,23,26)/t15-/m1/s1. The number of aromatic nitrogens is 2. The molecule has 6 nitrogen and oxygen atoms in total. The average molecular weight is 365 g/mol. The van der Waals surface area contributed by atoms with Crippen LogP contribution in [0.4, 0.5) is 0 Å². The molecule has 0 unspecified atom stereocenters. The molecular weight excluding hydrogens is 342 g/mol. The molecule has 3 aromatic rings. The monoisotopic (exact) mass is 365 g/mol. The molecule has 4 rings (SSSR count). The Morgan fingerprint density at radius 2 is 2.15 bits per heavy atom. The minimum atomic E-state index is -0.118. The number of nitrogens with zero attached hydrogens (tertiary/aromatic N) is 2. The molecule has 0 aliphatic carbocycles. The number of piperidine rings is 1. The van der Waals surface area contributed by atoms with Gasteiger partial charge in [0.2, 0.25) is 5.91 Å². The van der Waals surface area contributed by atoms with E-state index in [1.165, 1.54) is 0 Å². The van der Waals surface area contributed by atoms with Crippen LogP contribution in [0.1, 0.15) is 42.5 Å². The third-order valence-corrected chi connectivity index (χ3v) is 5.17. The highest BCUT2D eigenvalue weighted by molar-refractivity contribution is 5.77. The summed E-state index contributed by atoms with van der Waals surface area (Å²) in [5, 5.41) is 0.596. The van der Waals surface area contributed by atoms with Crippen molar-refractivity contribution in [2.75, 3.05) is 13.1 Å². The van der Waals surface area contributed by atoms with Gasteiger partial charge in [-0.25, -0.2) is 4.98 Å². The van der Waals surface area contributed by atoms with Gasteiger partial charge in [-0.15, -0.1) is 0 Å². The molecule has 0 saturated carbocycles. The number of fused-ring (bicyclic) bond motifs is 1. The summed E-state index contributed by atoms with van der Waals surface area (Å²) in [6, 6.07) is 11.2. The fraction of sp³-hybridized carbons (Fsp3) is 0.381. The highest BCUT2D eigenvalue weighted by Gasteiger charge is 2.26. The first-order valence-corrected chi connectivity index (χ1v) is 9.42. The first-order chi connectivity index (χ1) is 13.1. The molecule has 140 valence electrons. The predicted molar refractivity (Wildman–Crippen MR) is 103 cm³/mol. The molecule has 1 N–H and O–H groups in total.